The standard InChI is InChI=1S/C27H28N4O2/c1-17-6-7-18(15-28-17)16-33-21-10-11-31(26(32)14-21)20-8-9-22-24(13-20)30(2)25-12-19-4-3-5-23(29-19)27(22)25/h6-11,13-15,19,23,29H,3-5,12,16H2,1-2H3. The SMILES string of the molecule is Cc1ccc(COc2ccn(-c3ccc4c5c(n(C)c4c3)CC3CCCC5N3)c(=O)c2)cn1. The molecule has 0 radical (unpaired) electrons. The van der Waals surface area contributed by atoms with Crippen LogP contribution in [-0.4, -0.2) is 20.2 Å². The van der Waals surface area contributed by atoms with Crippen LogP contribution in [0.1, 0.15) is 47.8 Å². The van der Waals surface area contributed by atoms with Crippen molar-refractivity contribution in [1.29, 1.82) is 0 Å². The van der Waals surface area contributed by atoms with E-state index in [1.54, 1.807) is 23.0 Å². The van der Waals surface area contributed by atoms with Crippen LogP contribution in [0.25, 0.3) is 16.6 Å². The lowest BCUT2D eigenvalue weighted by molar-refractivity contribution is 0.299. The zero-order chi connectivity index (χ0) is 22.5. The van der Waals surface area contributed by atoms with Crippen LogP contribution >= 0.6 is 0 Å². The molecule has 2 unspecified atom stereocenters. The van der Waals surface area contributed by atoms with Gasteiger partial charge in [0.25, 0.3) is 5.56 Å². The number of hydrogen-bond acceptors (Lipinski definition) is 4. The highest BCUT2D eigenvalue weighted by Crippen LogP contribution is 2.40. The summed E-state index contributed by atoms with van der Waals surface area (Å²) in [5.41, 5.74) is 6.79. The predicted octanol–water partition coefficient (Wildman–Crippen LogP) is 4.35. The zero-order valence-electron chi connectivity index (χ0n) is 19.0. The third-order valence-corrected chi connectivity index (χ3v) is 7.17. The van der Waals surface area contributed by atoms with Crippen molar-refractivity contribution in [2.24, 2.45) is 7.05 Å². The van der Waals surface area contributed by atoms with Gasteiger partial charge in [-0.05, 0) is 56.0 Å². The van der Waals surface area contributed by atoms with Crippen LogP contribution in [0.4, 0.5) is 0 Å². The Labute approximate surface area is 192 Å². The summed E-state index contributed by atoms with van der Waals surface area (Å²) in [5.74, 6) is 0.561. The number of aromatic nitrogens is 3. The molecule has 1 saturated heterocycles. The van der Waals surface area contributed by atoms with Crippen molar-refractivity contribution in [1.82, 2.24) is 19.4 Å². The van der Waals surface area contributed by atoms with E-state index in [0.717, 1.165) is 23.4 Å². The Kier molecular flexibility index (Phi) is 4.84. The first-order chi connectivity index (χ1) is 16.1. The minimum atomic E-state index is -0.106. The Balaban J connectivity index is 1.30. The van der Waals surface area contributed by atoms with Gasteiger partial charge in [0.05, 0.1) is 11.2 Å². The van der Waals surface area contributed by atoms with E-state index in [1.165, 1.54) is 41.4 Å². The number of benzene rings is 1. The summed E-state index contributed by atoms with van der Waals surface area (Å²) in [4.78, 5) is 17.2. The van der Waals surface area contributed by atoms with E-state index in [4.69, 9.17) is 4.74 Å². The van der Waals surface area contributed by atoms with Gasteiger partial charge in [-0.15, -0.1) is 0 Å². The molecule has 3 aromatic heterocycles. The van der Waals surface area contributed by atoms with Gasteiger partial charge in [-0.2, -0.15) is 0 Å². The second-order valence-electron chi connectivity index (χ2n) is 9.34. The number of pyridine rings is 2. The van der Waals surface area contributed by atoms with E-state index in [1.807, 2.05) is 25.1 Å². The maximum atomic E-state index is 12.9. The molecule has 0 saturated carbocycles. The molecule has 33 heavy (non-hydrogen) atoms. The van der Waals surface area contributed by atoms with Gasteiger partial charge in [0.2, 0.25) is 0 Å². The molecule has 0 aliphatic carbocycles. The average Bonchev–Trinajstić information content (AvgIpc) is 3.10. The van der Waals surface area contributed by atoms with Crippen molar-refractivity contribution >= 4 is 10.9 Å². The van der Waals surface area contributed by atoms with Crippen LogP contribution in [0.5, 0.6) is 5.75 Å². The lowest BCUT2D eigenvalue weighted by Gasteiger charge is -2.36. The Bertz CT molecular complexity index is 1400. The van der Waals surface area contributed by atoms with E-state index in [2.05, 4.69) is 40.1 Å². The molecular weight excluding hydrogens is 412 g/mol. The Morgan fingerprint density at radius 3 is 2.88 bits per heavy atom. The molecule has 6 rings (SSSR count). The van der Waals surface area contributed by atoms with Crippen molar-refractivity contribution in [3.05, 3.63) is 87.7 Å². The molecule has 6 heteroatoms. The minimum Gasteiger partial charge on any atom is -0.489 e. The summed E-state index contributed by atoms with van der Waals surface area (Å²) < 4.78 is 9.84. The Hall–Kier alpha value is -3.38. The van der Waals surface area contributed by atoms with E-state index in [9.17, 15) is 4.79 Å². The minimum absolute atomic E-state index is 0.106. The number of aryl methyl sites for hydroxylation is 2. The molecule has 4 aromatic rings. The summed E-state index contributed by atoms with van der Waals surface area (Å²) in [6.45, 7) is 2.34. The lowest BCUT2D eigenvalue weighted by atomic mass is 9.84. The predicted molar refractivity (Wildman–Crippen MR) is 129 cm³/mol. The number of ether oxygens (including phenoxy) is 1. The molecule has 1 N–H and O–H groups in total. The van der Waals surface area contributed by atoms with Gasteiger partial charge in [-0.1, -0.05) is 12.1 Å². The fourth-order valence-electron chi connectivity index (χ4n) is 5.45. The van der Waals surface area contributed by atoms with E-state index >= 15 is 0 Å². The fourth-order valence-corrected chi connectivity index (χ4v) is 5.45. The first-order valence-electron chi connectivity index (χ1n) is 11.7. The van der Waals surface area contributed by atoms with Gasteiger partial charge in [0.1, 0.15) is 12.4 Å². The third kappa shape index (κ3) is 3.55. The van der Waals surface area contributed by atoms with E-state index in [-0.39, 0.29) is 5.56 Å². The second-order valence-corrected chi connectivity index (χ2v) is 9.34. The second kappa shape index (κ2) is 7.89. The van der Waals surface area contributed by atoms with Crippen molar-refractivity contribution in [3.8, 4) is 11.4 Å². The highest BCUT2D eigenvalue weighted by atomic mass is 16.5. The molecule has 2 atom stereocenters. The highest BCUT2D eigenvalue weighted by molar-refractivity contribution is 5.88. The number of rotatable bonds is 4. The molecule has 1 aromatic carbocycles. The molecule has 2 bridgehead atoms. The van der Waals surface area contributed by atoms with E-state index < -0.39 is 0 Å². The van der Waals surface area contributed by atoms with Crippen molar-refractivity contribution in [2.75, 3.05) is 0 Å². The maximum Gasteiger partial charge on any atom is 0.258 e. The van der Waals surface area contributed by atoms with Crippen molar-refractivity contribution < 1.29 is 4.74 Å². The van der Waals surface area contributed by atoms with Gasteiger partial charge in [-0.25, -0.2) is 0 Å². The van der Waals surface area contributed by atoms with Gasteiger partial charge >= 0.3 is 0 Å². The van der Waals surface area contributed by atoms with Crippen molar-refractivity contribution in [3.63, 3.8) is 0 Å². The van der Waals surface area contributed by atoms with Crippen LogP contribution in [0.2, 0.25) is 0 Å². The molecule has 0 amide bonds. The quantitative estimate of drug-likeness (QED) is 0.513. The highest BCUT2D eigenvalue weighted by Gasteiger charge is 2.33. The van der Waals surface area contributed by atoms with Crippen molar-refractivity contribution in [2.45, 2.75) is 51.3 Å². The molecule has 6 nitrogen and oxygen atoms in total. The molecule has 168 valence electrons. The number of fused-ring (bicyclic) bond motifs is 6. The largest absolute Gasteiger partial charge is 0.489 e. The fraction of sp³-hybridized carbons (Fsp3) is 0.333. The van der Waals surface area contributed by atoms with Crippen LogP contribution in [0.15, 0.2) is 59.7 Å². The molecule has 0 spiro atoms. The summed E-state index contributed by atoms with van der Waals surface area (Å²) in [7, 11) is 2.16. The number of hydrogen-bond donors (Lipinski definition) is 1. The normalized spacial score (nSPS) is 19.5. The van der Waals surface area contributed by atoms with Gasteiger partial charge in [0, 0.05) is 66.3 Å². The number of nitrogens with one attached hydrogen (secondary N) is 1. The van der Waals surface area contributed by atoms with Gasteiger partial charge < -0.3 is 14.6 Å². The van der Waals surface area contributed by atoms with Crippen LogP contribution in [-0.2, 0) is 20.1 Å². The van der Waals surface area contributed by atoms with Crippen LogP contribution in [0, 0.1) is 6.92 Å². The number of nitrogens with zero attached hydrogens (tertiary/aromatic N) is 3. The van der Waals surface area contributed by atoms with E-state index in [0.29, 0.717) is 24.4 Å². The number of piperidine rings is 1. The van der Waals surface area contributed by atoms with Crippen LogP contribution in [0.3, 0.4) is 0 Å². The summed E-state index contributed by atoms with van der Waals surface area (Å²) in [6.07, 6.45) is 8.42. The maximum absolute atomic E-state index is 12.9. The molecular formula is C27H28N4O2. The topological polar surface area (TPSA) is 61.1 Å². The summed E-state index contributed by atoms with van der Waals surface area (Å²) in [5, 5.41) is 5.12. The first-order valence-corrected chi connectivity index (χ1v) is 11.7. The molecule has 1 fully saturated rings. The lowest BCUT2D eigenvalue weighted by Crippen LogP contribution is -2.42. The smallest absolute Gasteiger partial charge is 0.258 e. The van der Waals surface area contributed by atoms with Crippen LogP contribution < -0.4 is 15.6 Å². The summed E-state index contributed by atoms with van der Waals surface area (Å²) >= 11 is 0. The monoisotopic (exact) mass is 440 g/mol. The summed E-state index contributed by atoms with van der Waals surface area (Å²) in [6, 6.07) is 14.7. The Morgan fingerprint density at radius 2 is 2.06 bits per heavy atom. The molecule has 2 aliphatic heterocycles. The Morgan fingerprint density at radius 1 is 1.15 bits per heavy atom. The molecule has 2 aliphatic rings. The van der Waals surface area contributed by atoms with Gasteiger partial charge in [-0.3, -0.25) is 14.3 Å². The average molecular weight is 441 g/mol. The first kappa shape index (κ1) is 20.2. The third-order valence-electron chi connectivity index (χ3n) is 7.17. The van der Waals surface area contributed by atoms with Gasteiger partial charge in [0.15, 0.2) is 0 Å². The molecule has 5 heterocycles. The zero-order valence-corrected chi connectivity index (χ0v) is 19.0.